The highest BCUT2D eigenvalue weighted by molar-refractivity contribution is 6.30. The van der Waals surface area contributed by atoms with Gasteiger partial charge in [0.25, 0.3) is 0 Å². The second-order valence-electron chi connectivity index (χ2n) is 9.90. The Balaban J connectivity index is 1.60. The molecule has 6 nitrogen and oxygen atoms in total. The van der Waals surface area contributed by atoms with Crippen molar-refractivity contribution in [2.75, 3.05) is 12.0 Å². The molecule has 1 aliphatic carbocycles. The average molecular weight is 540 g/mol. The SMILES string of the molecule is COc1ccc(OCc2cc(C)cc(C3C(C#N)=C(N)N(c4ccc(Cl)cc4)C4=C3C(=O)CCC4)c2C)cc1. The molecule has 1 atom stereocenters. The number of carbonyl (C=O) groups is 1. The van der Waals surface area contributed by atoms with Crippen LogP contribution < -0.4 is 20.1 Å². The van der Waals surface area contributed by atoms with Crippen LogP contribution in [0.15, 0.2) is 83.3 Å². The molecule has 0 amide bonds. The lowest BCUT2D eigenvalue weighted by Gasteiger charge is -2.40. The number of Topliss-reactive ketones (excluding diaryl/α,β-unsaturated/α-hetero) is 1. The van der Waals surface area contributed by atoms with Crippen molar-refractivity contribution in [3.05, 3.63) is 111 Å². The number of ketones is 1. The van der Waals surface area contributed by atoms with Gasteiger partial charge in [-0.1, -0.05) is 29.3 Å². The van der Waals surface area contributed by atoms with Crippen LogP contribution in [0.25, 0.3) is 0 Å². The molecule has 0 aromatic heterocycles. The Kier molecular flexibility index (Phi) is 7.36. The standard InChI is InChI=1S/C32H30ClN3O3/c1-19-15-21(18-39-25-13-11-24(38-3)12-14-25)20(2)26(16-19)30-27(17-34)32(35)36(23-9-7-22(33)8-10-23)28-5-4-6-29(37)31(28)30/h7-16,30H,4-6,18,35H2,1-3H3. The molecule has 5 rings (SSSR count). The molecule has 1 aliphatic heterocycles. The summed E-state index contributed by atoms with van der Waals surface area (Å²) >= 11 is 6.14. The van der Waals surface area contributed by atoms with Crippen molar-refractivity contribution in [1.29, 1.82) is 5.26 Å². The van der Waals surface area contributed by atoms with Gasteiger partial charge in [0.2, 0.25) is 0 Å². The maximum absolute atomic E-state index is 13.5. The largest absolute Gasteiger partial charge is 0.497 e. The van der Waals surface area contributed by atoms with Gasteiger partial charge in [-0.3, -0.25) is 9.69 Å². The van der Waals surface area contributed by atoms with E-state index in [2.05, 4.69) is 18.2 Å². The Hall–Kier alpha value is -4.21. The lowest BCUT2D eigenvalue weighted by atomic mass is 9.73. The minimum atomic E-state index is -0.541. The molecule has 1 heterocycles. The van der Waals surface area contributed by atoms with Gasteiger partial charge in [-0.25, -0.2) is 0 Å². The first-order chi connectivity index (χ1) is 18.8. The molecule has 3 aromatic carbocycles. The minimum absolute atomic E-state index is 0.0532. The van der Waals surface area contributed by atoms with E-state index < -0.39 is 5.92 Å². The van der Waals surface area contributed by atoms with E-state index in [-0.39, 0.29) is 5.78 Å². The highest BCUT2D eigenvalue weighted by Gasteiger charge is 2.41. The average Bonchev–Trinajstić information content (AvgIpc) is 2.94. The Bertz CT molecular complexity index is 1530. The van der Waals surface area contributed by atoms with E-state index in [9.17, 15) is 10.1 Å². The molecule has 7 heteroatoms. The highest BCUT2D eigenvalue weighted by Crippen LogP contribution is 2.47. The normalized spacial score (nSPS) is 17.2. The monoisotopic (exact) mass is 539 g/mol. The first kappa shape index (κ1) is 26.4. The van der Waals surface area contributed by atoms with Gasteiger partial charge >= 0.3 is 0 Å². The van der Waals surface area contributed by atoms with E-state index in [0.29, 0.717) is 41.4 Å². The zero-order valence-corrected chi connectivity index (χ0v) is 23.0. The summed E-state index contributed by atoms with van der Waals surface area (Å²) in [5, 5.41) is 11.0. The summed E-state index contributed by atoms with van der Waals surface area (Å²) in [4.78, 5) is 15.4. The van der Waals surface area contributed by atoms with Gasteiger partial charge < -0.3 is 15.2 Å². The van der Waals surface area contributed by atoms with E-state index in [1.807, 2.05) is 55.1 Å². The maximum Gasteiger partial charge on any atom is 0.161 e. The Morgan fingerprint density at radius 2 is 1.74 bits per heavy atom. The van der Waals surface area contributed by atoms with Crippen molar-refractivity contribution < 1.29 is 14.3 Å². The van der Waals surface area contributed by atoms with Crippen molar-refractivity contribution in [2.24, 2.45) is 5.73 Å². The number of hydrogen-bond acceptors (Lipinski definition) is 6. The first-order valence-corrected chi connectivity index (χ1v) is 13.3. The molecule has 3 aromatic rings. The van der Waals surface area contributed by atoms with E-state index in [1.54, 1.807) is 19.2 Å². The van der Waals surface area contributed by atoms with Crippen molar-refractivity contribution in [1.82, 2.24) is 0 Å². The predicted molar refractivity (Wildman–Crippen MR) is 153 cm³/mol. The van der Waals surface area contributed by atoms with Gasteiger partial charge in [0.15, 0.2) is 5.78 Å². The van der Waals surface area contributed by atoms with Crippen molar-refractivity contribution >= 4 is 23.1 Å². The number of benzene rings is 3. The van der Waals surface area contributed by atoms with Gasteiger partial charge in [-0.05, 0) is 91.9 Å². The summed E-state index contributed by atoms with van der Waals surface area (Å²) in [6, 6.07) is 21.2. The van der Waals surface area contributed by atoms with Crippen LogP contribution in [0.2, 0.25) is 5.02 Å². The van der Waals surface area contributed by atoms with E-state index in [4.69, 9.17) is 26.8 Å². The second-order valence-corrected chi connectivity index (χ2v) is 10.3. The molecule has 2 aliphatic rings. The first-order valence-electron chi connectivity index (χ1n) is 12.9. The molecule has 0 saturated heterocycles. The topological polar surface area (TPSA) is 88.6 Å². The number of hydrogen-bond donors (Lipinski definition) is 1. The maximum atomic E-state index is 13.5. The third-order valence-corrected chi connectivity index (χ3v) is 7.71. The molecule has 0 saturated carbocycles. The lowest BCUT2D eigenvalue weighted by Crippen LogP contribution is -2.39. The molecular formula is C32H30ClN3O3. The zero-order chi connectivity index (χ0) is 27.7. The van der Waals surface area contributed by atoms with Crippen LogP contribution >= 0.6 is 11.6 Å². The Morgan fingerprint density at radius 3 is 2.41 bits per heavy atom. The van der Waals surface area contributed by atoms with Crippen LogP contribution in [0, 0.1) is 25.2 Å². The van der Waals surface area contributed by atoms with E-state index >= 15 is 0 Å². The fraction of sp³-hybridized carbons (Fsp3) is 0.250. The fourth-order valence-corrected chi connectivity index (χ4v) is 5.65. The minimum Gasteiger partial charge on any atom is -0.497 e. The van der Waals surface area contributed by atoms with Crippen LogP contribution in [-0.4, -0.2) is 12.9 Å². The quantitative estimate of drug-likeness (QED) is 0.368. The summed E-state index contributed by atoms with van der Waals surface area (Å²) in [6.07, 6.45) is 1.87. The van der Waals surface area contributed by atoms with Crippen LogP contribution in [0.5, 0.6) is 11.5 Å². The van der Waals surface area contributed by atoms with Crippen LogP contribution in [0.1, 0.15) is 47.4 Å². The van der Waals surface area contributed by atoms with Crippen LogP contribution in [0.4, 0.5) is 5.69 Å². The molecule has 0 fully saturated rings. The molecule has 39 heavy (non-hydrogen) atoms. The summed E-state index contributed by atoms with van der Waals surface area (Å²) in [6.45, 7) is 4.38. The number of aryl methyl sites for hydroxylation is 1. The number of ether oxygens (including phenoxy) is 2. The number of nitrogens with zero attached hydrogens (tertiary/aromatic N) is 2. The summed E-state index contributed by atoms with van der Waals surface area (Å²) in [7, 11) is 1.63. The van der Waals surface area contributed by atoms with Crippen molar-refractivity contribution in [3.8, 4) is 17.6 Å². The number of nitrogens with two attached hydrogens (primary N) is 1. The lowest BCUT2D eigenvalue weighted by molar-refractivity contribution is -0.116. The predicted octanol–water partition coefficient (Wildman–Crippen LogP) is 6.85. The number of halogens is 1. The smallest absolute Gasteiger partial charge is 0.161 e. The van der Waals surface area contributed by atoms with Gasteiger partial charge in [0.05, 0.1) is 24.7 Å². The summed E-state index contributed by atoms with van der Waals surface area (Å²) in [5.74, 6) is 1.34. The van der Waals surface area contributed by atoms with Crippen molar-refractivity contribution in [3.63, 3.8) is 0 Å². The fourth-order valence-electron chi connectivity index (χ4n) is 5.53. The van der Waals surface area contributed by atoms with Gasteiger partial charge in [0, 0.05) is 28.4 Å². The molecule has 198 valence electrons. The Labute approximate surface area is 233 Å². The highest BCUT2D eigenvalue weighted by atomic mass is 35.5. The number of methoxy groups -OCH3 is 1. The van der Waals surface area contributed by atoms with Crippen molar-refractivity contribution in [2.45, 2.75) is 45.6 Å². The van der Waals surface area contributed by atoms with Gasteiger partial charge in [-0.2, -0.15) is 5.26 Å². The molecule has 0 spiro atoms. The number of anilines is 1. The van der Waals surface area contributed by atoms with E-state index in [0.717, 1.165) is 51.6 Å². The number of rotatable bonds is 6. The molecule has 1 unspecified atom stereocenters. The van der Waals surface area contributed by atoms with Gasteiger partial charge in [-0.15, -0.1) is 0 Å². The number of carbonyl (C=O) groups excluding carboxylic acids is 1. The molecule has 0 bridgehead atoms. The van der Waals surface area contributed by atoms with Gasteiger partial charge in [0.1, 0.15) is 23.9 Å². The van der Waals surface area contributed by atoms with Crippen LogP contribution in [-0.2, 0) is 11.4 Å². The third-order valence-electron chi connectivity index (χ3n) is 7.46. The summed E-state index contributed by atoms with van der Waals surface area (Å²) < 4.78 is 11.3. The second kappa shape index (κ2) is 10.9. The molecule has 0 radical (unpaired) electrons. The third kappa shape index (κ3) is 4.98. The number of nitriles is 1. The molecule has 2 N–H and O–H groups in total. The van der Waals surface area contributed by atoms with Crippen LogP contribution in [0.3, 0.4) is 0 Å². The zero-order valence-electron chi connectivity index (χ0n) is 22.3. The molecular weight excluding hydrogens is 510 g/mol. The van der Waals surface area contributed by atoms with E-state index in [1.165, 1.54) is 0 Å². The Morgan fingerprint density at radius 1 is 1.05 bits per heavy atom. The summed E-state index contributed by atoms with van der Waals surface area (Å²) in [5.41, 5.74) is 13.3. The number of allylic oxidation sites excluding steroid dienone is 3.